The predicted molar refractivity (Wildman–Crippen MR) is 123 cm³/mol. The molecule has 0 aromatic heterocycles. The molecule has 4 aliphatic carbocycles. The number of aliphatic hydroxyl groups excluding tert-OH is 1. The van der Waals surface area contributed by atoms with Gasteiger partial charge in [0.1, 0.15) is 0 Å². The summed E-state index contributed by atoms with van der Waals surface area (Å²) >= 11 is 0. The van der Waals surface area contributed by atoms with Crippen molar-refractivity contribution in [2.75, 3.05) is 0 Å². The number of hydrogen-bond donors (Lipinski definition) is 1. The zero-order valence-corrected chi connectivity index (χ0v) is 19.8. The molecular weight excluding hydrogens is 368 g/mol. The lowest BCUT2D eigenvalue weighted by Crippen LogP contribution is -2.50. The third kappa shape index (κ3) is 3.75. The van der Waals surface area contributed by atoms with Gasteiger partial charge in [0.05, 0.1) is 12.0 Å². The van der Waals surface area contributed by atoms with Crippen LogP contribution >= 0.6 is 0 Å². The molecule has 0 amide bonds. The van der Waals surface area contributed by atoms with Crippen LogP contribution in [0.5, 0.6) is 0 Å². The summed E-state index contributed by atoms with van der Waals surface area (Å²) in [5.41, 5.74) is 11.2. The first-order valence-electron chi connectivity index (χ1n) is 12.8. The zero-order chi connectivity index (χ0) is 21.5. The Morgan fingerprint density at radius 3 is 2.70 bits per heavy atom. The Morgan fingerprint density at radius 1 is 1.13 bits per heavy atom. The fourth-order valence-electron chi connectivity index (χ4n) is 8.77. The molecule has 4 aliphatic rings. The highest BCUT2D eigenvalue weighted by atomic mass is 16.3. The molecule has 168 valence electrons. The van der Waals surface area contributed by atoms with E-state index in [4.69, 9.17) is 5.53 Å². The van der Waals surface area contributed by atoms with Crippen LogP contribution in [0, 0.1) is 46.3 Å². The van der Waals surface area contributed by atoms with Gasteiger partial charge in [0.2, 0.25) is 0 Å². The van der Waals surface area contributed by atoms with Gasteiger partial charge in [0.15, 0.2) is 0 Å². The van der Waals surface area contributed by atoms with E-state index in [1.165, 1.54) is 51.4 Å². The van der Waals surface area contributed by atoms with E-state index in [-0.39, 0.29) is 6.10 Å². The highest BCUT2D eigenvalue weighted by molar-refractivity contribution is 5.53. The highest BCUT2D eigenvalue weighted by Crippen LogP contribution is 2.67. The normalized spacial score (nSPS) is 44.7. The summed E-state index contributed by atoms with van der Waals surface area (Å²) in [6.45, 7) is 9.84. The van der Waals surface area contributed by atoms with E-state index in [1.807, 2.05) is 0 Å². The number of nitrogens with zero attached hydrogens (tertiary/aromatic N) is 2. The van der Waals surface area contributed by atoms with Crippen LogP contribution in [0.25, 0.3) is 5.53 Å². The zero-order valence-electron chi connectivity index (χ0n) is 19.8. The summed E-state index contributed by atoms with van der Waals surface area (Å²) in [6.07, 6.45) is 17.9. The van der Waals surface area contributed by atoms with Crippen LogP contribution in [0.2, 0.25) is 0 Å². The van der Waals surface area contributed by atoms with Gasteiger partial charge in [0, 0.05) is 0 Å². The summed E-state index contributed by atoms with van der Waals surface area (Å²) in [5.74, 6) is 4.65. The quantitative estimate of drug-likeness (QED) is 0.225. The third-order valence-electron chi connectivity index (χ3n) is 10.5. The summed E-state index contributed by atoms with van der Waals surface area (Å²) in [4.78, 5) is 3.21. The Balaban J connectivity index is 1.44. The van der Waals surface area contributed by atoms with Crippen molar-refractivity contribution in [1.29, 1.82) is 0 Å². The molecule has 0 aromatic rings. The Labute approximate surface area is 184 Å². The monoisotopic (exact) mass is 412 g/mol. The Kier molecular flexibility index (Phi) is 6.35. The van der Waals surface area contributed by atoms with Crippen LogP contribution in [0.4, 0.5) is 0 Å². The van der Waals surface area contributed by atoms with Crippen molar-refractivity contribution in [3.8, 4) is 0 Å². The molecular formula is C27H44N2O. The lowest BCUT2D eigenvalue weighted by atomic mass is 9.47. The molecule has 4 rings (SSSR count). The molecule has 0 bridgehead atoms. The van der Waals surface area contributed by atoms with Gasteiger partial charge in [-0.2, -0.15) is 4.79 Å². The molecule has 0 radical (unpaired) electrons. The standard InChI is InChI=1S/C27H44N2O/c1-18(17-29-28)6-5-7-19(2)23-10-11-24-22-9-8-20-16-21(30)12-14-26(20,3)25(22)13-15-27(23,24)4/h8,17-19,21-25,30H,5-7,9-16H2,1-4H3/t18?,19-,21+,22+,23-,24+,25+,26+,27-/m1/s1. The summed E-state index contributed by atoms with van der Waals surface area (Å²) in [6, 6.07) is 0. The van der Waals surface area contributed by atoms with Crippen molar-refractivity contribution >= 4 is 6.21 Å². The average molecular weight is 413 g/mol. The minimum absolute atomic E-state index is 0.0992. The van der Waals surface area contributed by atoms with E-state index in [1.54, 1.807) is 11.8 Å². The summed E-state index contributed by atoms with van der Waals surface area (Å²) < 4.78 is 0. The lowest BCUT2D eigenvalue weighted by molar-refractivity contribution is -0.0573. The molecule has 3 heteroatoms. The fourth-order valence-corrected chi connectivity index (χ4v) is 8.77. The number of fused-ring (bicyclic) bond motifs is 5. The Hall–Kier alpha value is -0.920. The molecule has 1 N–H and O–H groups in total. The topological polar surface area (TPSA) is 56.6 Å². The second-order valence-electron chi connectivity index (χ2n) is 12.0. The van der Waals surface area contributed by atoms with E-state index in [0.717, 1.165) is 48.9 Å². The first kappa shape index (κ1) is 22.3. The van der Waals surface area contributed by atoms with Gasteiger partial charge in [0.25, 0.3) is 6.21 Å². The van der Waals surface area contributed by atoms with Crippen molar-refractivity contribution in [1.82, 2.24) is 0 Å². The van der Waals surface area contributed by atoms with Crippen LogP contribution < -0.4 is 0 Å². The van der Waals surface area contributed by atoms with E-state index in [0.29, 0.717) is 16.7 Å². The molecule has 30 heavy (non-hydrogen) atoms. The van der Waals surface area contributed by atoms with E-state index < -0.39 is 0 Å². The van der Waals surface area contributed by atoms with Crippen molar-refractivity contribution in [3.63, 3.8) is 0 Å². The van der Waals surface area contributed by atoms with Crippen LogP contribution in [0.1, 0.15) is 98.3 Å². The first-order chi connectivity index (χ1) is 14.3. The average Bonchev–Trinajstić information content (AvgIpc) is 3.06. The predicted octanol–water partition coefficient (Wildman–Crippen LogP) is 6.67. The lowest BCUT2D eigenvalue weighted by Gasteiger charge is -2.58. The van der Waals surface area contributed by atoms with Crippen LogP contribution in [0.15, 0.2) is 11.6 Å². The maximum absolute atomic E-state index is 10.2. The fraction of sp³-hybridized carbons (Fsp3) is 0.889. The van der Waals surface area contributed by atoms with Crippen molar-refractivity contribution in [2.24, 2.45) is 46.3 Å². The van der Waals surface area contributed by atoms with Gasteiger partial charge in [-0.15, -0.1) is 0 Å². The summed E-state index contributed by atoms with van der Waals surface area (Å²) in [5, 5.41) is 10.2. The largest absolute Gasteiger partial charge is 0.393 e. The van der Waals surface area contributed by atoms with E-state index in [2.05, 4.69) is 38.6 Å². The molecule has 0 heterocycles. The number of aliphatic hydroxyl groups is 1. The second-order valence-corrected chi connectivity index (χ2v) is 12.0. The number of hydrogen-bond acceptors (Lipinski definition) is 1. The van der Waals surface area contributed by atoms with Gasteiger partial charge in [-0.05, 0) is 98.2 Å². The molecule has 3 nitrogen and oxygen atoms in total. The van der Waals surface area contributed by atoms with Crippen molar-refractivity contribution < 1.29 is 9.90 Å². The van der Waals surface area contributed by atoms with Gasteiger partial charge in [-0.3, -0.25) is 0 Å². The van der Waals surface area contributed by atoms with E-state index >= 15 is 0 Å². The van der Waals surface area contributed by atoms with Gasteiger partial charge in [-0.25, -0.2) is 0 Å². The van der Waals surface area contributed by atoms with Gasteiger partial charge >= 0.3 is 0 Å². The van der Waals surface area contributed by atoms with Crippen LogP contribution in [-0.2, 0) is 0 Å². The Bertz CT molecular complexity index is 710. The van der Waals surface area contributed by atoms with Gasteiger partial charge < -0.3 is 10.6 Å². The number of allylic oxidation sites excluding steroid dienone is 1. The Morgan fingerprint density at radius 2 is 1.93 bits per heavy atom. The molecule has 0 spiro atoms. The molecule has 1 unspecified atom stereocenters. The van der Waals surface area contributed by atoms with Crippen LogP contribution in [0.3, 0.4) is 0 Å². The highest BCUT2D eigenvalue weighted by Gasteiger charge is 2.59. The molecule has 9 atom stereocenters. The SMILES string of the molecule is CC(C=[N+]=[N-])CCC[C@@H](C)[C@H]1CC[C@H]2[C@@H]3CC=C4C[C@@H](O)CC[C@]4(C)[C@H]3CC[C@]12C. The molecule has 0 aromatic carbocycles. The molecule has 3 saturated carbocycles. The maximum atomic E-state index is 10.2. The summed E-state index contributed by atoms with van der Waals surface area (Å²) in [7, 11) is 0. The minimum Gasteiger partial charge on any atom is -0.393 e. The molecule has 0 aliphatic heterocycles. The van der Waals surface area contributed by atoms with Gasteiger partial charge in [-0.1, -0.05) is 52.2 Å². The van der Waals surface area contributed by atoms with Crippen molar-refractivity contribution in [2.45, 2.75) is 104 Å². The third-order valence-corrected chi connectivity index (χ3v) is 10.5. The molecule has 3 fully saturated rings. The second kappa shape index (κ2) is 8.55. The van der Waals surface area contributed by atoms with Crippen molar-refractivity contribution in [3.05, 3.63) is 17.2 Å². The van der Waals surface area contributed by atoms with E-state index in [9.17, 15) is 5.11 Å². The minimum atomic E-state index is -0.0992. The first-order valence-corrected chi connectivity index (χ1v) is 12.8. The maximum Gasteiger partial charge on any atom is 0.260 e. The molecule has 0 saturated heterocycles. The smallest absolute Gasteiger partial charge is 0.260 e. The van der Waals surface area contributed by atoms with Crippen LogP contribution in [-0.4, -0.2) is 22.2 Å². The number of rotatable bonds is 6.